The Labute approximate surface area is 146 Å². The number of hydrogen-bond acceptors (Lipinski definition) is 4. The van der Waals surface area contributed by atoms with Gasteiger partial charge in [-0.2, -0.15) is 0 Å². The van der Waals surface area contributed by atoms with Gasteiger partial charge < -0.3 is 4.57 Å². The maximum absolute atomic E-state index is 4.82. The molecule has 1 aliphatic heterocycles. The number of piperidine rings is 1. The summed E-state index contributed by atoms with van der Waals surface area (Å²) in [7, 11) is 0. The fourth-order valence-electron chi connectivity index (χ4n) is 3.34. The van der Waals surface area contributed by atoms with Gasteiger partial charge in [-0.25, -0.2) is 9.97 Å². The highest BCUT2D eigenvalue weighted by Crippen LogP contribution is 2.25. The summed E-state index contributed by atoms with van der Waals surface area (Å²) < 4.78 is 2.20. The van der Waals surface area contributed by atoms with E-state index < -0.39 is 0 Å². The predicted octanol–water partition coefficient (Wildman–Crippen LogP) is 3.92. The predicted molar refractivity (Wildman–Crippen MR) is 97.8 cm³/mol. The first-order valence-electron chi connectivity index (χ1n) is 8.55. The van der Waals surface area contributed by atoms with Crippen LogP contribution in [0.1, 0.15) is 18.5 Å². The molecule has 1 saturated heterocycles. The van der Waals surface area contributed by atoms with Crippen LogP contribution in [0.4, 0.5) is 0 Å². The van der Waals surface area contributed by atoms with Crippen LogP contribution in [0, 0.1) is 5.92 Å². The van der Waals surface area contributed by atoms with E-state index >= 15 is 0 Å². The van der Waals surface area contributed by atoms with Gasteiger partial charge in [-0.3, -0.25) is 4.90 Å². The van der Waals surface area contributed by atoms with E-state index in [4.69, 9.17) is 4.98 Å². The minimum Gasteiger partial charge on any atom is -0.337 e. The average molecular weight is 338 g/mol. The molecule has 0 saturated carbocycles. The average Bonchev–Trinajstić information content (AvgIpc) is 3.29. The van der Waals surface area contributed by atoms with Crippen molar-refractivity contribution < 1.29 is 0 Å². The van der Waals surface area contributed by atoms with Crippen molar-refractivity contribution in [3.05, 3.63) is 60.1 Å². The molecular formula is C19H22N4S. The molecule has 124 valence electrons. The summed E-state index contributed by atoms with van der Waals surface area (Å²) in [5, 5.41) is 3.33. The van der Waals surface area contributed by atoms with Gasteiger partial charge in [0.2, 0.25) is 0 Å². The quantitative estimate of drug-likeness (QED) is 0.707. The number of benzene rings is 1. The summed E-state index contributed by atoms with van der Waals surface area (Å²) in [6, 6.07) is 10.4. The first-order chi connectivity index (χ1) is 11.9. The molecule has 1 aliphatic rings. The number of likely N-dealkylation sites (tertiary alicyclic amines) is 1. The van der Waals surface area contributed by atoms with Crippen LogP contribution in [-0.2, 0) is 13.1 Å². The molecule has 0 N–H and O–H groups in total. The monoisotopic (exact) mass is 338 g/mol. The summed E-state index contributed by atoms with van der Waals surface area (Å²) in [5.41, 5.74) is 2.42. The summed E-state index contributed by atoms with van der Waals surface area (Å²) >= 11 is 1.75. The molecule has 0 unspecified atom stereocenters. The van der Waals surface area contributed by atoms with Gasteiger partial charge in [0.25, 0.3) is 0 Å². The van der Waals surface area contributed by atoms with Gasteiger partial charge in [0.15, 0.2) is 0 Å². The highest BCUT2D eigenvalue weighted by Gasteiger charge is 2.20. The number of imidazole rings is 1. The molecular weight excluding hydrogens is 316 g/mol. The van der Waals surface area contributed by atoms with Gasteiger partial charge in [0.05, 0.1) is 12.0 Å². The fourth-order valence-corrected chi connectivity index (χ4v) is 4.16. The molecule has 4 nitrogen and oxygen atoms in total. The van der Waals surface area contributed by atoms with Crippen molar-refractivity contribution in [1.82, 2.24) is 19.4 Å². The highest BCUT2D eigenvalue weighted by atomic mass is 32.1. The van der Waals surface area contributed by atoms with Crippen LogP contribution in [0.15, 0.2) is 54.4 Å². The van der Waals surface area contributed by atoms with E-state index in [1.54, 1.807) is 11.3 Å². The summed E-state index contributed by atoms with van der Waals surface area (Å²) in [4.78, 5) is 11.5. The van der Waals surface area contributed by atoms with Gasteiger partial charge in [-0.05, 0) is 31.8 Å². The lowest BCUT2D eigenvalue weighted by atomic mass is 9.96. The van der Waals surface area contributed by atoms with Gasteiger partial charge in [0.1, 0.15) is 5.01 Å². The summed E-state index contributed by atoms with van der Waals surface area (Å²) in [5.74, 6) is 0.769. The van der Waals surface area contributed by atoms with Crippen LogP contribution in [0.3, 0.4) is 0 Å². The highest BCUT2D eigenvalue weighted by molar-refractivity contribution is 7.13. The van der Waals surface area contributed by atoms with Crippen LogP contribution in [0.2, 0.25) is 0 Å². The van der Waals surface area contributed by atoms with Crippen LogP contribution >= 0.6 is 11.3 Å². The molecule has 24 heavy (non-hydrogen) atoms. The zero-order valence-corrected chi connectivity index (χ0v) is 14.5. The van der Waals surface area contributed by atoms with E-state index in [9.17, 15) is 0 Å². The first kappa shape index (κ1) is 15.5. The van der Waals surface area contributed by atoms with Crippen molar-refractivity contribution in [2.45, 2.75) is 25.9 Å². The van der Waals surface area contributed by atoms with E-state index in [-0.39, 0.29) is 0 Å². The first-order valence-corrected chi connectivity index (χ1v) is 9.43. The number of nitrogens with zero attached hydrogens (tertiary/aromatic N) is 4. The van der Waals surface area contributed by atoms with Gasteiger partial charge in [-0.15, -0.1) is 11.3 Å². The SMILES string of the molecule is c1ccc(-c2nc(CN3CCC(Cn4ccnc4)CC3)cs2)cc1. The van der Waals surface area contributed by atoms with Crippen molar-refractivity contribution in [1.29, 1.82) is 0 Å². The topological polar surface area (TPSA) is 34.0 Å². The Bertz CT molecular complexity index is 743. The third kappa shape index (κ3) is 3.74. The fraction of sp³-hybridized carbons (Fsp3) is 0.368. The molecule has 0 amide bonds. The molecule has 0 radical (unpaired) electrons. The van der Waals surface area contributed by atoms with Gasteiger partial charge in [0, 0.05) is 36.4 Å². The van der Waals surface area contributed by atoms with E-state index in [1.165, 1.54) is 24.1 Å². The number of aromatic nitrogens is 3. The number of thiazole rings is 1. The van der Waals surface area contributed by atoms with E-state index in [2.05, 4.69) is 50.3 Å². The number of hydrogen-bond donors (Lipinski definition) is 0. The molecule has 1 fully saturated rings. The zero-order chi connectivity index (χ0) is 16.2. The Morgan fingerprint density at radius 3 is 2.71 bits per heavy atom. The van der Waals surface area contributed by atoms with Crippen molar-refractivity contribution in [2.75, 3.05) is 13.1 Å². The summed E-state index contributed by atoms with van der Waals surface area (Å²) in [6.45, 7) is 4.40. The Kier molecular flexibility index (Phi) is 4.71. The molecule has 0 bridgehead atoms. The molecule has 2 aromatic heterocycles. The van der Waals surface area contributed by atoms with Crippen LogP contribution in [0.5, 0.6) is 0 Å². The molecule has 3 heterocycles. The maximum Gasteiger partial charge on any atom is 0.123 e. The lowest BCUT2D eigenvalue weighted by Crippen LogP contribution is -2.34. The number of rotatable bonds is 5. The van der Waals surface area contributed by atoms with Crippen LogP contribution < -0.4 is 0 Å². The second kappa shape index (κ2) is 7.28. The third-order valence-electron chi connectivity index (χ3n) is 4.69. The molecule has 1 aromatic carbocycles. The third-order valence-corrected chi connectivity index (χ3v) is 5.63. The minimum absolute atomic E-state index is 0.769. The molecule has 3 aromatic rings. The van der Waals surface area contributed by atoms with Crippen molar-refractivity contribution >= 4 is 11.3 Å². The van der Waals surface area contributed by atoms with E-state index in [0.29, 0.717) is 0 Å². The lowest BCUT2D eigenvalue weighted by Gasteiger charge is -2.31. The maximum atomic E-state index is 4.82. The summed E-state index contributed by atoms with van der Waals surface area (Å²) in [6.07, 6.45) is 8.36. The van der Waals surface area contributed by atoms with Crippen molar-refractivity contribution in [2.24, 2.45) is 5.92 Å². The van der Waals surface area contributed by atoms with E-state index in [0.717, 1.165) is 37.1 Å². The second-order valence-corrected chi connectivity index (χ2v) is 7.35. The van der Waals surface area contributed by atoms with Gasteiger partial charge >= 0.3 is 0 Å². The van der Waals surface area contributed by atoms with Crippen LogP contribution in [0.25, 0.3) is 10.6 Å². The van der Waals surface area contributed by atoms with Gasteiger partial charge in [-0.1, -0.05) is 30.3 Å². The molecule has 5 heteroatoms. The largest absolute Gasteiger partial charge is 0.337 e. The minimum atomic E-state index is 0.769. The Morgan fingerprint density at radius 2 is 1.96 bits per heavy atom. The smallest absolute Gasteiger partial charge is 0.123 e. The normalized spacial score (nSPS) is 16.5. The molecule has 0 atom stereocenters. The second-order valence-electron chi connectivity index (χ2n) is 6.49. The standard InChI is InChI=1S/C19H22N4S/c1-2-4-17(5-3-1)19-21-18(14-24-19)13-22-9-6-16(7-10-22)12-23-11-8-20-15-23/h1-5,8,11,14-16H,6-7,9-10,12-13H2. The van der Waals surface area contributed by atoms with E-state index in [1.807, 2.05) is 18.6 Å². The Morgan fingerprint density at radius 1 is 1.12 bits per heavy atom. The lowest BCUT2D eigenvalue weighted by molar-refractivity contribution is 0.166. The Balaban J connectivity index is 1.30. The zero-order valence-electron chi connectivity index (χ0n) is 13.7. The molecule has 0 aliphatic carbocycles. The van der Waals surface area contributed by atoms with Crippen molar-refractivity contribution in [3.8, 4) is 10.6 Å². The van der Waals surface area contributed by atoms with Crippen molar-refractivity contribution in [3.63, 3.8) is 0 Å². The Hall–Kier alpha value is -1.98. The van der Waals surface area contributed by atoms with Crippen LogP contribution in [-0.4, -0.2) is 32.5 Å². The molecule has 0 spiro atoms. The molecule has 4 rings (SSSR count).